The van der Waals surface area contributed by atoms with Gasteiger partial charge in [0, 0.05) is 12.6 Å². The van der Waals surface area contributed by atoms with Gasteiger partial charge >= 0.3 is 0 Å². The molecule has 0 saturated heterocycles. The highest BCUT2D eigenvalue weighted by atomic mass is 16.7. The Morgan fingerprint density at radius 3 is 2.78 bits per heavy atom. The highest BCUT2D eigenvalue weighted by molar-refractivity contribution is 5.64. The number of phenols is 1. The third-order valence-corrected chi connectivity index (χ3v) is 5.52. The molecule has 0 radical (unpaired) electrons. The van der Waals surface area contributed by atoms with E-state index in [1.165, 1.54) is 18.2 Å². The molecule has 6 heteroatoms. The number of rotatable bonds is 5. The standard InChI is InChI=1S/C21H26N2O4/c1-3-7-23-8-6-13-10-18-19(27-12-26-18)11-15(13)16(23)9-14-4-5-17(25-2)21(24)20(14)22/h4-5,10-11,16,24H,3,6-9,12,22H2,1-2H3. The second kappa shape index (κ2) is 7.19. The predicted octanol–water partition coefficient (Wildman–Crippen LogP) is 3.26. The molecule has 3 N–H and O–H groups in total. The van der Waals surface area contributed by atoms with E-state index < -0.39 is 0 Å². The van der Waals surface area contributed by atoms with Crippen LogP contribution in [0.5, 0.6) is 23.0 Å². The van der Waals surface area contributed by atoms with E-state index in [9.17, 15) is 5.11 Å². The van der Waals surface area contributed by atoms with Crippen molar-refractivity contribution in [1.82, 2.24) is 4.90 Å². The van der Waals surface area contributed by atoms with E-state index in [0.717, 1.165) is 49.4 Å². The van der Waals surface area contributed by atoms with Crippen molar-refractivity contribution >= 4 is 5.69 Å². The van der Waals surface area contributed by atoms with E-state index in [2.05, 4.69) is 24.0 Å². The highest BCUT2D eigenvalue weighted by Crippen LogP contribution is 2.43. The number of hydrogen-bond donors (Lipinski definition) is 2. The minimum Gasteiger partial charge on any atom is -0.503 e. The van der Waals surface area contributed by atoms with Crippen molar-refractivity contribution in [1.29, 1.82) is 0 Å². The highest BCUT2D eigenvalue weighted by Gasteiger charge is 2.30. The first kappa shape index (κ1) is 17.8. The molecular weight excluding hydrogens is 344 g/mol. The van der Waals surface area contributed by atoms with Gasteiger partial charge in [-0.25, -0.2) is 0 Å². The fourth-order valence-electron chi connectivity index (χ4n) is 4.12. The average Bonchev–Trinajstić information content (AvgIpc) is 3.13. The number of benzene rings is 2. The predicted molar refractivity (Wildman–Crippen MR) is 104 cm³/mol. The Bertz CT molecular complexity index is 853. The Morgan fingerprint density at radius 2 is 2.04 bits per heavy atom. The van der Waals surface area contributed by atoms with Gasteiger partial charge in [-0.2, -0.15) is 0 Å². The molecule has 1 atom stereocenters. The average molecular weight is 370 g/mol. The first-order chi connectivity index (χ1) is 13.1. The van der Waals surface area contributed by atoms with E-state index in [1.807, 2.05) is 6.07 Å². The van der Waals surface area contributed by atoms with Crippen molar-refractivity contribution < 1.29 is 19.3 Å². The molecular formula is C21H26N2O4. The monoisotopic (exact) mass is 370 g/mol. The molecule has 2 heterocycles. The number of nitrogen functional groups attached to an aromatic ring is 1. The number of phenolic OH excluding ortho intramolecular Hbond substituents is 1. The Kier molecular flexibility index (Phi) is 4.74. The lowest BCUT2D eigenvalue weighted by Gasteiger charge is -2.37. The molecule has 0 fully saturated rings. The number of fused-ring (bicyclic) bond motifs is 2. The number of ether oxygens (including phenoxy) is 3. The van der Waals surface area contributed by atoms with Crippen LogP contribution in [-0.4, -0.2) is 37.0 Å². The topological polar surface area (TPSA) is 77.2 Å². The summed E-state index contributed by atoms with van der Waals surface area (Å²) in [5.74, 6) is 2.05. The van der Waals surface area contributed by atoms with Crippen LogP contribution < -0.4 is 19.9 Å². The lowest BCUT2D eigenvalue weighted by Crippen LogP contribution is -2.37. The molecule has 4 rings (SSSR count). The summed E-state index contributed by atoms with van der Waals surface area (Å²) in [6.07, 6.45) is 2.79. The number of nitrogens with two attached hydrogens (primary N) is 1. The number of methoxy groups -OCH3 is 1. The molecule has 2 aliphatic heterocycles. The largest absolute Gasteiger partial charge is 0.503 e. The summed E-state index contributed by atoms with van der Waals surface area (Å²) < 4.78 is 16.3. The molecule has 0 bridgehead atoms. The quantitative estimate of drug-likeness (QED) is 0.621. The molecule has 0 amide bonds. The molecule has 2 aliphatic rings. The molecule has 0 aliphatic carbocycles. The minimum absolute atomic E-state index is 0.0127. The summed E-state index contributed by atoms with van der Waals surface area (Å²) in [6, 6.07) is 8.12. The molecule has 2 aromatic carbocycles. The van der Waals surface area contributed by atoms with Gasteiger partial charge in [-0.15, -0.1) is 0 Å². The SMILES string of the molecule is CCCN1CCc2cc3c(cc2C1Cc1ccc(OC)c(O)c1N)OCO3. The van der Waals surface area contributed by atoms with Crippen LogP contribution in [-0.2, 0) is 12.8 Å². The second-order valence-corrected chi connectivity index (χ2v) is 7.10. The van der Waals surface area contributed by atoms with Gasteiger partial charge in [-0.3, -0.25) is 4.90 Å². The van der Waals surface area contributed by atoms with Crippen molar-refractivity contribution in [3.05, 3.63) is 41.0 Å². The third-order valence-electron chi connectivity index (χ3n) is 5.52. The fourth-order valence-corrected chi connectivity index (χ4v) is 4.12. The van der Waals surface area contributed by atoms with Crippen molar-refractivity contribution in [2.24, 2.45) is 0 Å². The minimum atomic E-state index is 0.0127. The molecule has 1 unspecified atom stereocenters. The van der Waals surface area contributed by atoms with Crippen LogP contribution in [0.3, 0.4) is 0 Å². The lowest BCUT2D eigenvalue weighted by atomic mass is 9.87. The van der Waals surface area contributed by atoms with Crippen LogP contribution >= 0.6 is 0 Å². The number of aromatic hydroxyl groups is 1. The zero-order valence-corrected chi connectivity index (χ0v) is 15.8. The summed E-state index contributed by atoms with van der Waals surface area (Å²) in [7, 11) is 1.52. The van der Waals surface area contributed by atoms with Crippen molar-refractivity contribution in [3.8, 4) is 23.0 Å². The normalized spacial score (nSPS) is 18.4. The Morgan fingerprint density at radius 1 is 1.26 bits per heavy atom. The van der Waals surface area contributed by atoms with Gasteiger partial charge in [0.2, 0.25) is 6.79 Å². The van der Waals surface area contributed by atoms with E-state index in [-0.39, 0.29) is 18.6 Å². The molecule has 0 aromatic heterocycles. The van der Waals surface area contributed by atoms with Crippen molar-refractivity contribution in [2.45, 2.75) is 32.2 Å². The van der Waals surface area contributed by atoms with E-state index in [1.54, 1.807) is 6.07 Å². The number of hydrogen-bond acceptors (Lipinski definition) is 6. The van der Waals surface area contributed by atoms with Crippen molar-refractivity contribution in [2.75, 3.05) is 32.7 Å². The maximum Gasteiger partial charge on any atom is 0.231 e. The lowest BCUT2D eigenvalue weighted by molar-refractivity contribution is 0.173. The zero-order chi connectivity index (χ0) is 19.0. The maximum absolute atomic E-state index is 10.3. The summed E-state index contributed by atoms with van der Waals surface area (Å²) >= 11 is 0. The summed E-state index contributed by atoms with van der Waals surface area (Å²) in [4.78, 5) is 2.49. The molecule has 0 saturated carbocycles. The van der Waals surface area contributed by atoms with Crippen LogP contribution in [0.4, 0.5) is 5.69 Å². The van der Waals surface area contributed by atoms with Crippen LogP contribution in [0, 0.1) is 0 Å². The smallest absolute Gasteiger partial charge is 0.231 e. The van der Waals surface area contributed by atoms with Crippen molar-refractivity contribution in [3.63, 3.8) is 0 Å². The summed E-state index contributed by atoms with van der Waals surface area (Å²) in [6.45, 7) is 4.48. The molecule has 144 valence electrons. The van der Waals surface area contributed by atoms with Gasteiger partial charge in [0.15, 0.2) is 23.0 Å². The van der Waals surface area contributed by atoms with Crippen LogP contribution in [0.15, 0.2) is 24.3 Å². The Balaban J connectivity index is 1.72. The molecule has 27 heavy (non-hydrogen) atoms. The first-order valence-corrected chi connectivity index (χ1v) is 9.43. The van der Waals surface area contributed by atoms with Crippen LogP contribution in [0.1, 0.15) is 36.1 Å². The van der Waals surface area contributed by atoms with Gasteiger partial charge in [-0.1, -0.05) is 13.0 Å². The summed E-state index contributed by atoms with van der Waals surface area (Å²) in [5, 5.41) is 10.3. The van der Waals surface area contributed by atoms with E-state index in [4.69, 9.17) is 19.9 Å². The van der Waals surface area contributed by atoms with Gasteiger partial charge in [0.25, 0.3) is 0 Å². The second-order valence-electron chi connectivity index (χ2n) is 7.10. The summed E-state index contributed by atoms with van der Waals surface area (Å²) in [5.41, 5.74) is 10.1. The van der Waals surface area contributed by atoms with Crippen LogP contribution in [0.2, 0.25) is 0 Å². The van der Waals surface area contributed by atoms with Gasteiger partial charge in [0.1, 0.15) is 0 Å². The maximum atomic E-state index is 10.3. The van der Waals surface area contributed by atoms with E-state index in [0.29, 0.717) is 11.4 Å². The van der Waals surface area contributed by atoms with E-state index >= 15 is 0 Å². The third kappa shape index (κ3) is 3.14. The number of nitrogens with zero attached hydrogens (tertiary/aromatic N) is 1. The first-order valence-electron chi connectivity index (χ1n) is 9.43. The molecule has 0 spiro atoms. The Labute approximate surface area is 159 Å². The number of anilines is 1. The zero-order valence-electron chi connectivity index (χ0n) is 15.8. The molecule has 2 aromatic rings. The van der Waals surface area contributed by atoms with Gasteiger partial charge in [0.05, 0.1) is 12.8 Å². The van der Waals surface area contributed by atoms with Crippen LogP contribution in [0.25, 0.3) is 0 Å². The van der Waals surface area contributed by atoms with Gasteiger partial charge in [-0.05, 0) is 60.7 Å². The van der Waals surface area contributed by atoms with Gasteiger partial charge < -0.3 is 25.1 Å². The fraction of sp³-hybridized carbons (Fsp3) is 0.429. The Hall–Kier alpha value is -2.60. The molecule has 6 nitrogen and oxygen atoms in total.